The molecule has 0 saturated carbocycles. The van der Waals surface area contributed by atoms with Gasteiger partial charge in [0.25, 0.3) is 5.91 Å². The van der Waals surface area contributed by atoms with Crippen molar-refractivity contribution in [2.24, 2.45) is 0 Å². The molecule has 2 aromatic carbocycles. The van der Waals surface area contributed by atoms with Crippen LogP contribution >= 0.6 is 11.6 Å². The molecule has 0 aliphatic carbocycles. The lowest BCUT2D eigenvalue weighted by molar-refractivity contribution is 0.0332. The molecule has 3 rings (SSSR count). The van der Waals surface area contributed by atoms with Crippen molar-refractivity contribution < 1.29 is 19.0 Å². The molecule has 168 valence electrons. The molecule has 0 aromatic heterocycles. The lowest BCUT2D eigenvalue weighted by Gasteiger charge is -2.31. The van der Waals surface area contributed by atoms with E-state index < -0.39 is 0 Å². The van der Waals surface area contributed by atoms with Gasteiger partial charge in [0, 0.05) is 25.2 Å². The van der Waals surface area contributed by atoms with Gasteiger partial charge in [0.15, 0.2) is 11.5 Å². The number of carbonyl (C=O) groups excluding carboxylic acids is 1. The predicted molar refractivity (Wildman–Crippen MR) is 122 cm³/mol. The average molecular weight is 447 g/mol. The molecular formula is C24H31ClN2O4. The van der Waals surface area contributed by atoms with E-state index in [4.69, 9.17) is 25.8 Å². The summed E-state index contributed by atoms with van der Waals surface area (Å²) in [7, 11) is 1.54. The molecular weight excluding hydrogens is 416 g/mol. The minimum absolute atomic E-state index is 0.0643. The van der Waals surface area contributed by atoms with Crippen LogP contribution in [0.2, 0.25) is 5.02 Å². The topological polar surface area (TPSA) is 60.0 Å². The van der Waals surface area contributed by atoms with Gasteiger partial charge in [0.2, 0.25) is 0 Å². The molecule has 1 aliphatic heterocycles. The second-order valence-corrected chi connectivity index (χ2v) is 8.41. The van der Waals surface area contributed by atoms with Crippen LogP contribution in [-0.2, 0) is 4.74 Å². The van der Waals surface area contributed by atoms with Gasteiger partial charge in [-0.3, -0.25) is 9.69 Å². The molecule has 1 N–H and O–H groups in total. The maximum atomic E-state index is 13.2. The van der Waals surface area contributed by atoms with Crippen LogP contribution in [0.1, 0.15) is 41.4 Å². The molecule has 1 heterocycles. The first-order valence-electron chi connectivity index (χ1n) is 10.6. The van der Waals surface area contributed by atoms with Crippen molar-refractivity contribution in [3.8, 4) is 11.5 Å². The minimum atomic E-state index is -0.213. The summed E-state index contributed by atoms with van der Waals surface area (Å²) in [4.78, 5) is 15.5. The summed E-state index contributed by atoms with van der Waals surface area (Å²) in [5, 5.41) is 3.52. The SMILES string of the molecule is COc1cc(C(=O)NC(CN2CCOCC2)c2ccc(C)cc2)cc(Cl)c1OC(C)C. The fourth-order valence-corrected chi connectivity index (χ4v) is 3.77. The smallest absolute Gasteiger partial charge is 0.252 e. The van der Waals surface area contributed by atoms with Gasteiger partial charge in [-0.25, -0.2) is 0 Å². The number of halogens is 1. The first-order chi connectivity index (χ1) is 14.9. The largest absolute Gasteiger partial charge is 0.493 e. The molecule has 1 aliphatic rings. The number of hydrogen-bond acceptors (Lipinski definition) is 5. The van der Waals surface area contributed by atoms with Gasteiger partial charge in [-0.05, 0) is 38.5 Å². The zero-order chi connectivity index (χ0) is 22.4. The Bertz CT molecular complexity index is 880. The fourth-order valence-electron chi connectivity index (χ4n) is 3.52. The molecule has 6 nitrogen and oxygen atoms in total. The Hall–Kier alpha value is -2.28. The summed E-state index contributed by atoms with van der Waals surface area (Å²) in [5.41, 5.74) is 2.66. The third kappa shape index (κ3) is 6.35. The number of rotatable bonds is 8. The molecule has 1 fully saturated rings. The number of morpholine rings is 1. The number of amides is 1. The van der Waals surface area contributed by atoms with E-state index >= 15 is 0 Å². The van der Waals surface area contributed by atoms with Crippen molar-refractivity contribution >= 4 is 17.5 Å². The van der Waals surface area contributed by atoms with Crippen LogP contribution in [0.25, 0.3) is 0 Å². The average Bonchev–Trinajstić information content (AvgIpc) is 2.75. The number of nitrogens with zero attached hydrogens (tertiary/aromatic N) is 1. The number of carbonyl (C=O) groups is 1. The Labute approximate surface area is 189 Å². The summed E-state index contributed by atoms with van der Waals surface area (Å²) < 4.78 is 16.6. The van der Waals surface area contributed by atoms with E-state index in [0.717, 1.165) is 18.7 Å². The first kappa shape index (κ1) is 23.4. The van der Waals surface area contributed by atoms with Crippen LogP contribution in [0.5, 0.6) is 11.5 Å². The first-order valence-corrected chi connectivity index (χ1v) is 11.0. The number of nitrogens with one attached hydrogen (secondary N) is 1. The van der Waals surface area contributed by atoms with Gasteiger partial charge in [-0.2, -0.15) is 0 Å². The van der Waals surface area contributed by atoms with E-state index in [1.807, 2.05) is 13.8 Å². The lowest BCUT2D eigenvalue weighted by Crippen LogP contribution is -2.43. The van der Waals surface area contributed by atoms with E-state index in [-0.39, 0.29) is 18.1 Å². The second kappa shape index (κ2) is 10.8. The van der Waals surface area contributed by atoms with E-state index in [9.17, 15) is 4.79 Å². The molecule has 0 radical (unpaired) electrons. The van der Waals surface area contributed by atoms with Crippen molar-refractivity contribution in [3.05, 3.63) is 58.1 Å². The number of aryl methyl sites for hydroxylation is 1. The zero-order valence-corrected chi connectivity index (χ0v) is 19.4. The molecule has 1 amide bonds. The van der Waals surface area contributed by atoms with Crippen molar-refractivity contribution in [1.29, 1.82) is 0 Å². The maximum Gasteiger partial charge on any atom is 0.252 e. The highest BCUT2D eigenvalue weighted by molar-refractivity contribution is 6.32. The molecule has 0 spiro atoms. The van der Waals surface area contributed by atoms with Gasteiger partial charge in [0.1, 0.15) is 0 Å². The monoisotopic (exact) mass is 446 g/mol. The van der Waals surface area contributed by atoms with Crippen molar-refractivity contribution in [2.75, 3.05) is 40.0 Å². The Kier molecular flexibility index (Phi) is 8.18. The van der Waals surface area contributed by atoms with E-state index in [1.165, 1.54) is 12.7 Å². The van der Waals surface area contributed by atoms with E-state index in [1.54, 1.807) is 12.1 Å². The van der Waals surface area contributed by atoms with Crippen molar-refractivity contribution in [1.82, 2.24) is 10.2 Å². The number of methoxy groups -OCH3 is 1. The van der Waals surface area contributed by atoms with Crippen LogP contribution in [0, 0.1) is 6.92 Å². The van der Waals surface area contributed by atoms with Gasteiger partial charge in [-0.15, -0.1) is 0 Å². The highest BCUT2D eigenvalue weighted by Gasteiger charge is 2.23. The minimum Gasteiger partial charge on any atom is -0.493 e. The van der Waals surface area contributed by atoms with Gasteiger partial charge in [0.05, 0.1) is 37.5 Å². The van der Waals surface area contributed by atoms with Gasteiger partial charge >= 0.3 is 0 Å². The molecule has 2 aromatic rings. The Balaban J connectivity index is 1.83. The molecule has 1 unspecified atom stereocenters. The lowest BCUT2D eigenvalue weighted by atomic mass is 10.0. The van der Waals surface area contributed by atoms with Gasteiger partial charge in [-0.1, -0.05) is 41.4 Å². The standard InChI is InChI=1S/C24H31ClN2O4/c1-16(2)31-23-20(25)13-19(14-22(23)29-4)24(28)26-21(15-27-9-11-30-12-10-27)18-7-5-17(3)6-8-18/h5-8,13-14,16,21H,9-12,15H2,1-4H3,(H,26,28). The summed E-state index contributed by atoms with van der Waals surface area (Å²) in [6.45, 7) is 9.68. The third-order valence-electron chi connectivity index (χ3n) is 5.17. The quantitative estimate of drug-likeness (QED) is 0.657. The summed E-state index contributed by atoms with van der Waals surface area (Å²) >= 11 is 6.42. The predicted octanol–water partition coefficient (Wildman–Crippen LogP) is 4.25. The number of ether oxygens (including phenoxy) is 3. The van der Waals surface area contributed by atoms with Crippen molar-refractivity contribution in [2.45, 2.75) is 32.9 Å². The third-order valence-corrected chi connectivity index (χ3v) is 5.46. The summed E-state index contributed by atoms with van der Waals surface area (Å²) in [5.74, 6) is 0.667. The number of benzene rings is 2. The fraction of sp³-hybridized carbons (Fsp3) is 0.458. The highest BCUT2D eigenvalue weighted by atomic mass is 35.5. The van der Waals surface area contributed by atoms with E-state index in [2.05, 4.69) is 41.4 Å². The molecule has 7 heteroatoms. The van der Waals surface area contributed by atoms with Crippen molar-refractivity contribution in [3.63, 3.8) is 0 Å². The van der Waals surface area contributed by atoms with Crippen LogP contribution in [0.4, 0.5) is 0 Å². The van der Waals surface area contributed by atoms with Crippen LogP contribution in [-0.4, -0.2) is 56.9 Å². The summed E-state index contributed by atoms with van der Waals surface area (Å²) in [6, 6.07) is 11.4. The number of hydrogen-bond donors (Lipinski definition) is 1. The second-order valence-electron chi connectivity index (χ2n) is 8.01. The van der Waals surface area contributed by atoms with Crippen LogP contribution < -0.4 is 14.8 Å². The van der Waals surface area contributed by atoms with E-state index in [0.29, 0.717) is 41.8 Å². The Morgan fingerprint density at radius 3 is 2.48 bits per heavy atom. The Morgan fingerprint density at radius 1 is 1.19 bits per heavy atom. The molecule has 31 heavy (non-hydrogen) atoms. The summed E-state index contributed by atoms with van der Waals surface area (Å²) in [6.07, 6.45) is -0.0643. The van der Waals surface area contributed by atoms with Crippen LogP contribution in [0.3, 0.4) is 0 Å². The maximum absolute atomic E-state index is 13.2. The molecule has 0 bridgehead atoms. The van der Waals surface area contributed by atoms with Crippen LogP contribution in [0.15, 0.2) is 36.4 Å². The van der Waals surface area contributed by atoms with Gasteiger partial charge < -0.3 is 19.5 Å². The highest BCUT2D eigenvalue weighted by Crippen LogP contribution is 2.37. The normalized spacial score (nSPS) is 15.5. The molecule has 1 saturated heterocycles. The Morgan fingerprint density at radius 2 is 1.87 bits per heavy atom. The zero-order valence-electron chi connectivity index (χ0n) is 18.6. The molecule has 1 atom stereocenters.